The van der Waals surface area contributed by atoms with Gasteiger partial charge in [-0.25, -0.2) is 9.59 Å². The van der Waals surface area contributed by atoms with Crippen LogP contribution in [-0.2, 0) is 76.1 Å². The highest BCUT2D eigenvalue weighted by molar-refractivity contribution is 8.00. The van der Waals surface area contributed by atoms with Crippen LogP contribution in [0.5, 0.6) is 0 Å². The molecule has 7 aliphatic heterocycles. The minimum atomic E-state index is -2.22. The Morgan fingerprint density at radius 1 is 0.515 bits per heavy atom. The lowest BCUT2D eigenvalue weighted by Crippen LogP contribution is -2.71. The third kappa shape index (κ3) is 19.0. The lowest BCUT2D eigenvalue weighted by atomic mass is 9.79. The van der Waals surface area contributed by atoms with Gasteiger partial charge in [-0.1, -0.05) is 6.42 Å². The number of carbonyl (C=O) groups is 7. The molecule has 99 heavy (non-hydrogen) atoms. The maximum absolute atomic E-state index is 13.5. The number of thioether (sulfide) groups is 1. The van der Waals surface area contributed by atoms with Crippen molar-refractivity contribution in [2.75, 3.05) is 45.4 Å². The van der Waals surface area contributed by atoms with E-state index in [1.807, 2.05) is 0 Å². The van der Waals surface area contributed by atoms with E-state index in [0.29, 0.717) is 19.3 Å². The summed E-state index contributed by atoms with van der Waals surface area (Å²) < 4.78 is 59.1. The van der Waals surface area contributed by atoms with E-state index in [-0.39, 0.29) is 36.2 Å². The second kappa shape index (κ2) is 35.7. The second-order valence-electron chi connectivity index (χ2n) is 25.6. The number of carboxylic acids is 1. The van der Waals surface area contributed by atoms with Crippen molar-refractivity contribution in [2.45, 2.75) is 260 Å². The number of unbranched alkanes of at least 4 members (excludes halogenated alkanes) is 1. The number of rotatable bonds is 29. The molecule has 1 aliphatic carbocycles. The van der Waals surface area contributed by atoms with Gasteiger partial charge < -0.3 is 171 Å². The number of nitrogens with one attached hydrogen (secondary N) is 7. The number of carboxylic acid groups (broad SMARTS) is 1. The van der Waals surface area contributed by atoms with Crippen LogP contribution in [0.3, 0.4) is 0 Å². The molecule has 7 heterocycles. The van der Waals surface area contributed by atoms with Gasteiger partial charge in [0.25, 0.3) is 0 Å². The highest BCUT2D eigenvalue weighted by Crippen LogP contribution is 2.39. The van der Waals surface area contributed by atoms with Crippen LogP contribution in [0.4, 0.5) is 4.79 Å². The molecule has 0 radical (unpaired) electrons. The maximum atomic E-state index is 13.5. The number of amides is 7. The summed E-state index contributed by atoms with van der Waals surface area (Å²) in [5.74, 6) is -6.28. The molecule has 566 valence electrons. The monoisotopic (exact) mass is 1450 g/mol. The van der Waals surface area contributed by atoms with Crippen molar-refractivity contribution in [1.29, 1.82) is 0 Å². The smallest absolute Gasteiger partial charge is 0.326 e. The summed E-state index contributed by atoms with van der Waals surface area (Å²) in [7, 11) is 0. The molecule has 8 fully saturated rings. The van der Waals surface area contributed by atoms with E-state index in [1.54, 1.807) is 11.8 Å². The molecule has 7 saturated heterocycles. The number of hydrogen-bond acceptors (Lipinski definition) is 34. The van der Waals surface area contributed by atoms with Crippen molar-refractivity contribution in [3.63, 3.8) is 0 Å². The Morgan fingerprint density at radius 2 is 1.02 bits per heavy atom. The zero-order chi connectivity index (χ0) is 72.6. The fraction of sp³-hybridized carbons (Fsp3) is 0.877. The summed E-state index contributed by atoms with van der Waals surface area (Å²) in [6.07, 6.45) is -48.6. The fourth-order valence-electron chi connectivity index (χ4n) is 13.4. The number of aliphatic hydroxyl groups is 16. The Labute approximate surface area is 568 Å². The van der Waals surface area contributed by atoms with Crippen LogP contribution in [0.1, 0.15) is 59.3 Å². The largest absolute Gasteiger partial charge is 0.480 e. The summed E-state index contributed by atoms with van der Waals surface area (Å²) >= 11 is 1.68. The zero-order valence-electron chi connectivity index (χ0n) is 53.8. The van der Waals surface area contributed by atoms with Gasteiger partial charge in [-0.2, -0.15) is 11.8 Å². The predicted molar refractivity (Wildman–Crippen MR) is 321 cm³/mol. The molecule has 42 heteroatoms. The van der Waals surface area contributed by atoms with Crippen LogP contribution in [0.2, 0.25) is 0 Å². The SMILES string of the molecule is CC(=O)NC1[C@H](O[C@@H]2C(CO)O[C@@H](NC(=O)CC(NC(=O)CCCCC3SCC4NC(=O)NC43)C(=O)O)C(NC(C)=O)[C@H]2O)OC(CO)[C@@H](O[C@@H]2OC(CO[C@H]3OC(CO)[C@@H](O)[C@H](O)C3O[C@@H]3C[C@@H](CO)[C@@H](O[C@@H]4OC(CO)[C@H](O)[C@H](O)C4O)C(O)C3NC(C)=O)[C@@H](O)[C@H](O)C2O)[C@@H]1O. The Kier molecular flexibility index (Phi) is 28.9. The molecule has 0 aromatic heterocycles. The predicted octanol–water partition coefficient (Wildman–Crippen LogP) is -13.2. The Morgan fingerprint density at radius 3 is 1.61 bits per heavy atom. The third-order valence-corrected chi connectivity index (χ3v) is 20.1. The van der Waals surface area contributed by atoms with E-state index in [2.05, 4.69) is 37.2 Å². The van der Waals surface area contributed by atoms with Gasteiger partial charge in [-0.05, 0) is 19.3 Å². The number of ether oxygens (including phenoxy) is 10. The lowest BCUT2D eigenvalue weighted by Gasteiger charge is -2.50. The number of urea groups is 1. The summed E-state index contributed by atoms with van der Waals surface area (Å²) in [6.45, 7) is -2.59. The minimum absolute atomic E-state index is 0.00161. The number of hydrogen-bond donors (Lipinski definition) is 24. The van der Waals surface area contributed by atoms with Gasteiger partial charge in [0.2, 0.25) is 29.5 Å². The first-order chi connectivity index (χ1) is 46.9. The van der Waals surface area contributed by atoms with Crippen molar-refractivity contribution < 1.29 is 168 Å². The third-order valence-electron chi connectivity index (χ3n) is 18.6. The Balaban J connectivity index is 0.914. The van der Waals surface area contributed by atoms with Gasteiger partial charge >= 0.3 is 12.0 Å². The van der Waals surface area contributed by atoms with E-state index < -0.39 is 271 Å². The zero-order valence-corrected chi connectivity index (χ0v) is 54.6. The quantitative estimate of drug-likeness (QED) is 0.0244. The van der Waals surface area contributed by atoms with Crippen LogP contribution >= 0.6 is 11.8 Å². The first kappa shape index (κ1) is 80.1. The van der Waals surface area contributed by atoms with Crippen LogP contribution in [0, 0.1) is 5.92 Å². The number of carbonyl (C=O) groups excluding carboxylic acids is 6. The van der Waals surface area contributed by atoms with Gasteiger partial charge in [0.15, 0.2) is 31.4 Å². The van der Waals surface area contributed by atoms with Crippen molar-refractivity contribution >= 4 is 53.3 Å². The fourth-order valence-corrected chi connectivity index (χ4v) is 15.0. The molecule has 24 N–H and O–H groups in total. The molecule has 0 aromatic carbocycles. The number of fused-ring (bicyclic) bond motifs is 1. The first-order valence-electron chi connectivity index (χ1n) is 32.3. The van der Waals surface area contributed by atoms with Gasteiger partial charge in [0.05, 0.1) is 69.8 Å². The van der Waals surface area contributed by atoms with Crippen molar-refractivity contribution in [1.82, 2.24) is 37.2 Å². The molecule has 0 bridgehead atoms. The highest BCUT2D eigenvalue weighted by atomic mass is 32.2. The first-order valence-corrected chi connectivity index (χ1v) is 33.3. The maximum Gasteiger partial charge on any atom is 0.326 e. The Hall–Kier alpha value is -4.60. The van der Waals surface area contributed by atoms with E-state index in [9.17, 15) is 120 Å². The molecule has 0 spiro atoms. The van der Waals surface area contributed by atoms with E-state index >= 15 is 0 Å². The molecule has 1 saturated carbocycles. The topological polar surface area (TPSA) is 640 Å². The van der Waals surface area contributed by atoms with Gasteiger partial charge in [0.1, 0.15) is 134 Å². The number of aliphatic carboxylic acids is 1. The summed E-state index contributed by atoms with van der Waals surface area (Å²) in [4.78, 5) is 88.5. The Bertz CT molecular complexity index is 2710. The van der Waals surface area contributed by atoms with Gasteiger partial charge in [-0.15, -0.1) is 0 Å². The molecular weight excluding hydrogens is 1360 g/mol. The minimum Gasteiger partial charge on any atom is -0.480 e. The van der Waals surface area contributed by atoms with Crippen molar-refractivity contribution in [2.24, 2.45) is 5.92 Å². The molecule has 8 rings (SSSR count). The molecule has 8 aliphatic rings. The van der Waals surface area contributed by atoms with E-state index in [1.165, 1.54) is 0 Å². The second-order valence-corrected chi connectivity index (χ2v) is 26.9. The molecule has 0 aromatic rings. The molecule has 41 nitrogen and oxygen atoms in total. The van der Waals surface area contributed by atoms with Crippen molar-refractivity contribution in [3.8, 4) is 0 Å². The van der Waals surface area contributed by atoms with Crippen LogP contribution in [-0.4, -0.2) is 375 Å². The summed E-state index contributed by atoms with van der Waals surface area (Å²) in [6, 6.07) is -7.12. The summed E-state index contributed by atoms with van der Waals surface area (Å²) in [5, 5.41) is 203. The highest BCUT2D eigenvalue weighted by Gasteiger charge is 2.58. The van der Waals surface area contributed by atoms with Gasteiger partial charge in [0, 0.05) is 50.7 Å². The van der Waals surface area contributed by atoms with Gasteiger partial charge in [-0.3, -0.25) is 24.0 Å². The standard InChI is InChI=1S/C57H93N7O34S/c1-17(70)58-33-23(8-20(10-65)47(39(33)78)96-54-45(84)42(81)36(75)24(11-66)92-54)90-50-44(83)37(76)25(12-67)93-56(50)89-15-28-38(77)43(82)46(85)55(95-28)98-49-27(14-69)94-53(35(41(49)80)60-19(3)72)97-48-26(13-68)91-51(34(40(48)79)59-18(2)71)63-31(74)9-21(52(86)87)61-30(73)7-5-4-6-29-32-22(16-99-29)62-57(88)64-32/h20-29,32-51,53-56,65-69,75-85H,4-16H2,1-3H3,(H,58,70)(H,59,71)(H,60,72)(H,61,73)(H,63,74)(H,86,87)(H2,62,64,88)/t20-,21?,22?,23+,24?,25?,26?,27?,28?,29?,32?,33?,34?,35?,36-,37+,38+,39?,40+,41+,42-,43-,44-,45?,46?,47+,48+,49+,50?,51+,53-,54-,55-,56-/m0/s1. The van der Waals surface area contributed by atoms with Crippen molar-refractivity contribution in [3.05, 3.63) is 0 Å². The van der Waals surface area contributed by atoms with E-state index in [4.69, 9.17) is 47.4 Å². The van der Waals surface area contributed by atoms with Crippen LogP contribution < -0.4 is 37.2 Å². The van der Waals surface area contributed by atoms with Crippen LogP contribution in [0.15, 0.2) is 0 Å². The lowest BCUT2D eigenvalue weighted by molar-refractivity contribution is -0.366. The number of aliphatic hydroxyl groups excluding tert-OH is 16. The molecular formula is C57H93N7O34S. The van der Waals surface area contributed by atoms with Crippen LogP contribution in [0.25, 0.3) is 0 Å². The average molecular weight is 1450 g/mol. The molecule has 7 amide bonds. The molecule has 16 unspecified atom stereocenters. The molecule has 34 atom stereocenters. The summed E-state index contributed by atoms with van der Waals surface area (Å²) in [5.41, 5.74) is 0. The van der Waals surface area contributed by atoms with E-state index in [0.717, 1.165) is 26.5 Å². The average Bonchev–Trinajstić information content (AvgIpc) is 1.50. The normalized spacial score (nSPS) is 43.3.